The predicted octanol–water partition coefficient (Wildman–Crippen LogP) is 6.05. The van der Waals surface area contributed by atoms with Gasteiger partial charge in [-0.1, -0.05) is 41.5 Å². The van der Waals surface area contributed by atoms with E-state index in [-0.39, 0.29) is 18.5 Å². The lowest BCUT2D eigenvalue weighted by atomic mass is 10.1. The van der Waals surface area contributed by atoms with Crippen molar-refractivity contribution < 1.29 is 28.2 Å². The molecule has 6 rings (SSSR count). The van der Waals surface area contributed by atoms with Gasteiger partial charge in [-0.2, -0.15) is 0 Å². The van der Waals surface area contributed by atoms with E-state index < -0.39 is 36.2 Å². The summed E-state index contributed by atoms with van der Waals surface area (Å²) in [6.07, 6.45) is -0.00856. The first kappa shape index (κ1) is 30.0. The van der Waals surface area contributed by atoms with Crippen molar-refractivity contribution in [2.24, 2.45) is 0 Å². The van der Waals surface area contributed by atoms with Crippen molar-refractivity contribution in [1.82, 2.24) is 14.1 Å². The molecule has 2 aromatic heterocycles. The quantitative estimate of drug-likeness (QED) is 0.226. The molecule has 1 aliphatic rings. The molecule has 10 heteroatoms. The molecule has 3 aromatic carbocycles. The topological polar surface area (TPSA) is 108 Å². The number of nitrogens with zero attached hydrogens (tertiary/aromatic N) is 3. The van der Waals surface area contributed by atoms with Gasteiger partial charge in [0, 0.05) is 12.6 Å². The highest BCUT2D eigenvalue weighted by Gasteiger charge is 2.41. The second-order valence-electron chi connectivity index (χ2n) is 11.4. The summed E-state index contributed by atoms with van der Waals surface area (Å²) in [5.74, 6) is -0.938. The Morgan fingerprint density at radius 1 is 0.956 bits per heavy atom. The maximum Gasteiger partial charge on any atom is 0.338 e. The number of carbonyl (C=O) groups excluding carboxylic acids is 2. The van der Waals surface area contributed by atoms with E-state index in [0.29, 0.717) is 33.7 Å². The molecular formula is C35H33FN4O5. The summed E-state index contributed by atoms with van der Waals surface area (Å²) in [5, 5.41) is 9.60. The first-order valence-corrected chi connectivity index (χ1v) is 14.7. The number of aromatic nitrogens is 3. The van der Waals surface area contributed by atoms with E-state index in [1.807, 2.05) is 55.8 Å². The van der Waals surface area contributed by atoms with Gasteiger partial charge in [-0.15, -0.1) is 0 Å². The van der Waals surface area contributed by atoms with Gasteiger partial charge < -0.3 is 18.8 Å². The highest BCUT2D eigenvalue weighted by atomic mass is 19.1. The highest BCUT2D eigenvalue weighted by Crippen LogP contribution is 2.35. The Labute approximate surface area is 259 Å². The number of hydrogen-bond acceptors (Lipinski definition) is 7. The smallest absolute Gasteiger partial charge is 0.338 e. The molecule has 9 nitrogen and oxygen atoms in total. The molecule has 230 valence electrons. The minimum absolute atomic E-state index is 0.136. The SMILES string of the molecule is Cc1ccc(C(=O)OC[C@H]2O[C@@H](n3cc(C)c4c(=N)n(-c5cccc(F)c5)c(C)nc43)C[C@@H]2OC(=O)c2ccc(C)cc2)cc1. The fraction of sp³-hybridized carbons (Fsp3) is 0.257. The van der Waals surface area contributed by atoms with Gasteiger partial charge in [0.25, 0.3) is 0 Å². The van der Waals surface area contributed by atoms with E-state index in [4.69, 9.17) is 24.6 Å². The first-order chi connectivity index (χ1) is 21.6. The summed E-state index contributed by atoms with van der Waals surface area (Å²) in [6, 6.07) is 20.2. The third-order valence-corrected chi connectivity index (χ3v) is 8.02. The van der Waals surface area contributed by atoms with Crippen molar-refractivity contribution in [3.8, 4) is 5.69 Å². The Bertz CT molecular complexity index is 1960. The molecule has 0 unspecified atom stereocenters. The normalized spacial score (nSPS) is 17.8. The number of aryl methyl sites for hydroxylation is 4. The van der Waals surface area contributed by atoms with E-state index in [1.54, 1.807) is 47.9 Å². The number of fused-ring (bicyclic) bond motifs is 1. The van der Waals surface area contributed by atoms with Crippen LogP contribution in [0.15, 0.2) is 79.0 Å². The van der Waals surface area contributed by atoms with Gasteiger partial charge in [-0.25, -0.2) is 19.0 Å². The highest BCUT2D eigenvalue weighted by molar-refractivity contribution is 5.90. The van der Waals surface area contributed by atoms with Crippen LogP contribution in [0.4, 0.5) is 4.39 Å². The largest absolute Gasteiger partial charge is 0.459 e. The Morgan fingerprint density at radius 2 is 1.60 bits per heavy atom. The molecule has 1 N–H and O–H groups in total. The van der Waals surface area contributed by atoms with Gasteiger partial charge in [0.1, 0.15) is 47.8 Å². The molecule has 3 atom stereocenters. The standard InChI is InChI=1S/C35H33FN4O5/c1-20-8-12-24(13-9-20)34(41)43-19-29-28(45-35(42)25-14-10-21(2)11-15-25)17-30(44-29)39-18-22(3)31-32(37)40(23(4)38-33(31)39)27-7-5-6-26(36)16-27/h5-16,18,28-30,37H,17,19H2,1-4H3/t28-,29+,30+/m0/s1. The summed E-state index contributed by atoms with van der Waals surface area (Å²) in [4.78, 5) is 30.8. The fourth-order valence-electron chi connectivity index (χ4n) is 5.64. The molecule has 5 aromatic rings. The molecule has 0 amide bonds. The summed E-state index contributed by atoms with van der Waals surface area (Å²) in [7, 11) is 0. The number of ether oxygens (including phenoxy) is 3. The van der Waals surface area contributed by atoms with Gasteiger partial charge >= 0.3 is 11.9 Å². The average molecular weight is 609 g/mol. The number of esters is 2. The van der Waals surface area contributed by atoms with Crippen LogP contribution in [-0.4, -0.2) is 44.9 Å². The van der Waals surface area contributed by atoms with Crippen LogP contribution in [0.3, 0.4) is 0 Å². The van der Waals surface area contributed by atoms with Crippen molar-refractivity contribution in [3.63, 3.8) is 0 Å². The van der Waals surface area contributed by atoms with E-state index in [9.17, 15) is 14.0 Å². The van der Waals surface area contributed by atoms with Crippen LogP contribution >= 0.6 is 0 Å². The lowest BCUT2D eigenvalue weighted by Crippen LogP contribution is -2.32. The minimum Gasteiger partial charge on any atom is -0.459 e. The maximum atomic E-state index is 14.1. The van der Waals surface area contributed by atoms with Crippen molar-refractivity contribution in [3.05, 3.63) is 124 Å². The van der Waals surface area contributed by atoms with Crippen molar-refractivity contribution in [1.29, 1.82) is 5.41 Å². The van der Waals surface area contributed by atoms with Crippen LogP contribution in [0.2, 0.25) is 0 Å². The molecule has 0 saturated carbocycles. The molecular weight excluding hydrogens is 575 g/mol. The van der Waals surface area contributed by atoms with Gasteiger partial charge in [-0.3, -0.25) is 9.98 Å². The number of rotatable bonds is 7. The Balaban J connectivity index is 1.31. The molecule has 0 spiro atoms. The average Bonchev–Trinajstić information content (AvgIpc) is 3.56. The molecule has 45 heavy (non-hydrogen) atoms. The number of halogens is 1. The fourth-order valence-corrected chi connectivity index (χ4v) is 5.64. The summed E-state index contributed by atoms with van der Waals surface area (Å²) >= 11 is 0. The summed E-state index contributed by atoms with van der Waals surface area (Å²) < 4.78 is 35.4. The Kier molecular flexibility index (Phi) is 8.07. The van der Waals surface area contributed by atoms with Gasteiger partial charge in [-0.05, 0) is 75.7 Å². The second kappa shape index (κ2) is 12.1. The first-order valence-electron chi connectivity index (χ1n) is 14.7. The summed E-state index contributed by atoms with van der Waals surface area (Å²) in [5.41, 5.74) is 4.78. The zero-order valence-electron chi connectivity index (χ0n) is 25.4. The van der Waals surface area contributed by atoms with Gasteiger partial charge in [0.05, 0.1) is 22.2 Å². The van der Waals surface area contributed by atoms with Crippen LogP contribution in [0, 0.1) is 38.9 Å². The molecule has 1 fully saturated rings. The van der Waals surface area contributed by atoms with Crippen LogP contribution in [0.5, 0.6) is 0 Å². The van der Waals surface area contributed by atoms with Gasteiger partial charge in [0.2, 0.25) is 0 Å². The van der Waals surface area contributed by atoms with Crippen molar-refractivity contribution in [2.75, 3.05) is 6.61 Å². The van der Waals surface area contributed by atoms with Crippen molar-refractivity contribution >= 4 is 23.0 Å². The van der Waals surface area contributed by atoms with E-state index in [1.165, 1.54) is 12.1 Å². The predicted molar refractivity (Wildman–Crippen MR) is 165 cm³/mol. The maximum absolute atomic E-state index is 14.1. The molecule has 3 heterocycles. The third-order valence-electron chi connectivity index (χ3n) is 8.02. The third kappa shape index (κ3) is 6.01. The molecule has 1 saturated heterocycles. The second-order valence-corrected chi connectivity index (χ2v) is 11.4. The van der Waals surface area contributed by atoms with Crippen LogP contribution in [0.25, 0.3) is 16.7 Å². The Morgan fingerprint density at radius 3 is 2.24 bits per heavy atom. The molecule has 0 bridgehead atoms. The van der Waals surface area contributed by atoms with E-state index in [2.05, 4.69) is 0 Å². The zero-order valence-corrected chi connectivity index (χ0v) is 25.4. The lowest BCUT2D eigenvalue weighted by Gasteiger charge is -2.19. The van der Waals surface area contributed by atoms with Gasteiger partial charge in [0.15, 0.2) is 0 Å². The molecule has 1 aliphatic heterocycles. The van der Waals surface area contributed by atoms with Crippen molar-refractivity contribution in [2.45, 2.75) is 52.6 Å². The van der Waals surface area contributed by atoms with Crippen LogP contribution in [0.1, 0.15) is 55.9 Å². The zero-order chi connectivity index (χ0) is 31.8. The molecule has 0 aliphatic carbocycles. The number of nitrogens with one attached hydrogen (secondary N) is 1. The number of carbonyl (C=O) groups is 2. The van der Waals surface area contributed by atoms with E-state index in [0.717, 1.165) is 16.7 Å². The van der Waals surface area contributed by atoms with E-state index >= 15 is 0 Å². The summed E-state index contributed by atoms with van der Waals surface area (Å²) in [6.45, 7) is 7.35. The van der Waals surface area contributed by atoms with Crippen LogP contribution in [-0.2, 0) is 14.2 Å². The van der Waals surface area contributed by atoms with Crippen LogP contribution < -0.4 is 5.49 Å². The molecule has 0 radical (unpaired) electrons. The number of benzene rings is 3. The Hall–Kier alpha value is -5.09. The lowest BCUT2D eigenvalue weighted by molar-refractivity contribution is -0.0562. The monoisotopic (exact) mass is 608 g/mol. The minimum atomic E-state index is -0.755. The number of hydrogen-bond donors (Lipinski definition) is 1.